The lowest BCUT2D eigenvalue weighted by atomic mass is 10.0. The molecule has 27 heavy (non-hydrogen) atoms. The first-order chi connectivity index (χ1) is 12.8. The van der Waals surface area contributed by atoms with Crippen LogP contribution < -0.4 is 0 Å². The van der Waals surface area contributed by atoms with E-state index in [0.717, 1.165) is 0 Å². The Kier molecular flexibility index (Phi) is 4.28. The lowest BCUT2D eigenvalue weighted by Crippen LogP contribution is -2.18. The average Bonchev–Trinajstić information content (AvgIpc) is 2.88. The van der Waals surface area contributed by atoms with E-state index < -0.39 is 12.7 Å². The maximum atomic E-state index is 13.4. The Hall–Kier alpha value is -2.31. The van der Waals surface area contributed by atoms with Crippen LogP contribution in [0.15, 0.2) is 42.7 Å². The zero-order chi connectivity index (χ0) is 19.3. The first-order valence-electron chi connectivity index (χ1n) is 8.01. The van der Waals surface area contributed by atoms with E-state index in [4.69, 9.17) is 23.2 Å². The van der Waals surface area contributed by atoms with Crippen LogP contribution in [0.1, 0.15) is 5.69 Å². The molecule has 0 radical (unpaired) electrons. The van der Waals surface area contributed by atoms with Crippen LogP contribution in [0.5, 0.6) is 0 Å². The molecule has 0 aliphatic rings. The number of alkyl halides is 3. The summed E-state index contributed by atoms with van der Waals surface area (Å²) < 4.78 is 41.4. The summed E-state index contributed by atoms with van der Waals surface area (Å²) in [4.78, 5) is 8.22. The zero-order valence-corrected chi connectivity index (χ0v) is 15.5. The predicted molar refractivity (Wildman–Crippen MR) is 101 cm³/mol. The van der Waals surface area contributed by atoms with Crippen molar-refractivity contribution in [3.63, 3.8) is 0 Å². The van der Waals surface area contributed by atoms with Gasteiger partial charge in [0.2, 0.25) is 0 Å². The summed E-state index contributed by atoms with van der Waals surface area (Å²) >= 11 is 12.5. The fraction of sp³-hybridized carbons (Fsp3) is 0.158. The van der Waals surface area contributed by atoms with Crippen molar-refractivity contribution >= 4 is 45.0 Å². The van der Waals surface area contributed by atoms with Gasteiger partial charge in [0.15, 0.2) is 0 Å². The molecule has 0 aliphatic heterocycles. The Morgan fingerprint density at radius 1 is 0.963 bits per heavy atom. The Bertz CT molecular complexity index is 1180. The number of halogens is 5. The quantitative estimate of drug-likeness (QED) is 0.357. The number of nitrogens with zero attached hydrogens (tertiary/aromatic N) is 3. The highest BCUT2D eigenvalue weighted by Crippen LogP contribution is 2.41. The Morgan fingerprint density at radius 3 is 2.44 bits per heavy atom. The van der Waals surface area contributed by atoms with Gasteiger partial charge in [-0.2, -0.15) is 13.2 Å². The lowest BCUT2D eigenvalue weighted by molar-refractivity contribution is -0.139. The van der Waals surface area contributed by atoms with Gasteiger partial charge in [-0.25, -0.2) is 4.98 Å². The summed E-state index contributed by atoms with van der Waals surface area (Å²) in [7, 11) is 0. The number of fused-ring (bicyclic) bond motifs is 3. The third kappa shape index (κ3) is 3.13. The average molecular weight is 410 g/mol. The molecule has 138 valence electrons. The van der Waals surface area contributed by atoms with Crippen molar-refractivity contribution < 1.29 is 13.2 Å². The molecule has 1 aromatic carbocycles. The van der Waals surface area contributed by atoms with Gasteiger partial charge in [0, 0.05) is 39.3 Å². The Labute approximate surface area is 162 Å². The molecule has 0 saturated carbocycles. The lowest BCUT2D eigenvalue weighted by Gasteiger charge is -2.14. The summed E-state index contributed by atoms with van der Waals surface area (Å²) in [6.07, 6.45) is -1.31. The van der Waals surface area contributed by atoms with Gasteiger partial charge in [-0.15, -0.1) is 0 Å². The maximum absolute atomic E-state index is 13.4. The number of hydrogen-bond donors (Lipinski definition) is 0. The number of pyridine rings is 2. The molecule has 0 amide bonds. The first-order valence-corrected chi connectivity index (χ1v) is 8.76. The monoisotopic (exact) mass is 409 g/mol. The molecule has 0 fully saturated rings. The Balaban J connectivity index is 2.22. The molecule has 0 spiro atoms. The molecule has 4 rings (SSSR count). The van der Waals surface area contributed by atoms with E-state index in [0.29, 0.717) is 43.6 Å². The van der Waals surface area contributed by atoms with Crippen molar-refractivity contribution in [3.05, 3.63) is 58.6 Å². The SMILES string of the molecule is Cc1nccc2c3cc(Cl)cc(-c4cccnc4Cl)c3n(CC(F)(F)F)c12. The summed E-state index contributed by atoms with van der Waals surface area (Å²) in [6.45, 7) is 0.540. The van der Waals surface area contributed by atoms with Gasteiger partial charge < -0.3 is 4.57 Å². The molecule has 0 N–H and O–H groups in total. The summed E-state index contributed by atoms with van der Waals surface area (Å²) in [6, 6.07) is 8.36. The van der Waals surface area contributed by atoms with Crippen LogP contribution in [0.4, 0.5) is 13.2 Å². The van der Waals surface area contributed by atoms with Gasteiger partial charge >= 0.3 is 6.18 Å². The highest BCUT2D eigenvalue weighted by molar-refractivity contribution is 6.34. The van der Waals surface area contributed by atoms with E-state index in [1.165, 1.54) is 10.8 Å². The summed E-state index contributed by atoms with van der Waals surface area (Å²) in [5.41, 5.74) is 2.34. The fourth-order valence-electron chi connectivity index (χ4n) is 3.45. The first kappa shape index (κ1) is 18.1. The number of aryl methyl sites for hydroxylation is 1. The number of aromatic nitrogens is 3. The minimum absolute atomic E-state index is 0.194. The van der Waals surface area contributed by atoms with Crippen molar-refractivity contribution in [2.45, 2.75) is 19.6 Å². The van der Waals surface area contributed by atoms with Gasteiger partial charge in [0.05, 0.1) is 16.7 Å². The molecule has 3 nitrogen and oxygen atoms in total. The minimum Gasteiger partial charge on any atom is -0.329 e. The minimum atomic E-state index is -4.41. The molecule has 8 heteroatoms. The zero-order valence-electron chi connectivity index (χ0n) is 14.0. The second-order valence-corrected chi connectivity index (χ2v) is 6.98. The van der Waals surface area contributed by atoms with Crippen molar-refractivity contribution in [1.82, 2.24) is 14.5 Å². The Morgan fingerprint density at radius 2 is 1.74 bits per heavy atom. The molecular weight excluding hydrogens is 398 g/mol. The van der Waals surface area contributed by atoms with Gasteiger partial charge in [-0.1, -0.05) is 23.2 Å². The molecule has 3 heterocycles. The van der Waals surface area contributed by atoms with Crippen LogP contribution in [0.25, 0.3) is 32.9 Å². The third-order valence-electron chi connectivity index (χ3n) is 4.40. The van der Waals surface area contributed by atoms with Crippen LogP contribution in [0, 0.1) is 6.92 Å². The maximum Gasteiger partial charge on any atom is 0.406 e. The molecule has 0 unspecified atom stereocenters. The molecule has 0 atom stereocenters. The largest absolute Gasteiger partial charge is 0.406 e. The topological polar surface area (TPSA) is 30.7 Å². The van der Waals surface area contributed by atoms with E-state index >= 15 is 0 Å². The molecule has 0 aliphatic carbocycles. The van der Waals surface area contributed by atoms with Gasteiger partial charge in [0.25, 0.3) is 0 Å². The van der Waals surface area contributed by atoms with Crippen molar-refractivity contribution in [2.24, 2.45) is 0 Å². The third-order valence-corrected chi connectivity index (χ3v) is 4.92. The fourth-order valence-corrected chi connectivity index (χ4v) is 3.89. The van der Waals surface area contributed by atoms with Crippen LogP contribution in [0.2, 0.25) is 10.2 Å². The molecule has 0 bridgehead atoms. The van der Waals surface area contributed by atoms with E-state index in [9.17, 15) is 13.2 Å². The number of benzene rings is 1. The smallest absolute Gasteiger partial charge is 0.329 e. The second kappa shape index (κ2) is 6.39. The highest BCUT2D eigenvalue weighted by Gasteiger charge is 2.31. The standard InChI is InChI=1S/C19H12Cl2F3N3/c1-10-16-12(4-6-25-10)14-7-11(20)8-15(13-3-2-5-26-18(13)21)17(14)27(16)9-19(22,23)24/h2-8H,9H2,1H3. The van der Waals surface area contributed by atoms with Gasteiger partial charge in [-0.05, 0) is 37.3 Å². The van der Waals surface area contributed by atoms with Gasteiger partial charge in [0.1, 0.15) is 11.7 Å². The van der Waals surface area contributed by atoms with E-state index in [1.807, 2.05) is 0 Å². The van der Waals surface area contributed by atoms with E-state index in [2.05, 4.69) is 9.97 Å². The van der Waals surface area contributed by atoms with Crippen molar-refractivity contribution in [2.75, 3.05) is 0 Å². The van der Waals surface area contributed by atoms with Gasteiger partial charge in [-0.3, -0.25) is 4.98 Å². The van der Waals surface area contributed by atoms with Crippen LogP contribution in [-0.2, 0) is 6.54 Å². The van der Waals surface area contributed by atoms with Crippen LogP contribution in [-0.4, -0.2) is 20.7 Å². The number of rotatable bonds is 2. The molecule has 0 saturated heterocycles. The molecular formula is C19H12Cl2F3N3. The van der Waals surface area contributed by atoms with Crippen molar-refractivity contribution in [1.29, 1.82) is 0 Å². The second-order valence-electron chi connectivity index (χ2n) is 6.19. The molecule has 4 aromatic rings. The van der Waals surface area contributed by atoms with E-state index in [-0.39, 0.29) is 5.15 Å². The predicted octanol–water partition coefficient (Wildman–Crippen LogP) is 6.43. The van der Waals surface area contributed by atoms with Crippen LogP contribution in [0.3, 0.4) is 0 Å². The van der Waals surface area contributed by atoms with Crippen molar-refractivity contribution in [3.8, 4) is 11.1 Å². The normalized spacial score (nSPS) is 12.2. The number of hydrogen-bond acceptors (Lipinski definition) is 2. The van der Waals surface area contributed by atoms with Crippen LogP contribution >= 0.6 is 23.2 Å². The van der Waals surface area contributed by atoms with E-state index in [1.54, 1.807) is 43.5 Å². The highest BCUT2D eigenvalue weighted by atomic mass is 35.5. The summed E-state index contributed by atoms with van der Waals surface area (Å²) in [5, 5.41) is 1.87. The summed E-state index contributed by atoms with van der Waals surface area (Å²) in [5.74, 6) is 0. The molecule has 3 aromatic heterocycles.